The zero-order chi connectivity index (χ0) is 29.6. The fourth-order valence-corrected chi connectivity index (χ4v) is 5.69. The summed E-state index contributed by atoms with van der Waals surface area (Å²) in [7, 11) is 0. The number of non-ortho nitro benzene ring substituents is 1. The van der Waals surface area contributed by atoms with Gasteiger partial charge < -0.3 is 20.0 Å². The zero-order valence-corrected chi connectivity index (χ0v) is 24.3. The fraction of sp³-hybridized carbons (Fsp3) is 0.312. The first-order chi connectivity index (χ1) is 20.3. The quantitative estimate of drug-likeness (QED) is 0.204. The van der Waals surface area contributed by atoms with E-state index >= 15 is 0 Å². The lowest BCUT2D eigenvalue weighted by atomic mass is 9.98. The van der Waals surface area contributed by atoms with Gasteiger partial charge in [-0.05, 0) is 54.7 Å². The zero-order valence-electron chi connectivity index (χ0n) is 23.5. The average Bonchev–Trinajstić information content (AvgIpc) is 3.00. The minimum Gasteiger partial charge on any atom is -0.371 e. The monoisotopic (exact) mass is 587 g/mol. The number of nitrogens with zero attached hydrogens (tertiary/aromatic N) is 4. The molecule has 218 valence electrons. The van der Waals surface area contributed by atoms with Crippen LogP contribution in [-0.4, -0.2) is 60.9 Å². The van der Waals surface area contributed by atoms with Crippen LogP contribution in [0.15, 0.2) is 72.8 Å². The van der Waals surface area contributed by atoms with Crippen molar-refractivity contribution in [2.45, 2.75) is 19.8 Å². The highest BCUT2D eigenvalue weighted by molar-refractivity contribution is 6.33. The van der Waals surface area contributed by atoms with Crippen LogP contribution in [-0.2, 0) is 4.79 Å². The van der Waals surface area contributed by atoms with E-state index in [1.54, 1.807) is 24.3 Å². The predicted molar refractivity (Wildman–Crippen MR) is 167 cm³/mol. The number of piperazine rings is 1. The first-order valence-corrected chi connectivity index (χ1v) is 14.6. The second kappa shape index (κ2) is 13.1. The molecule has 2 saturated heterocycles. The number of hydrogen-bond donors (Lipinski definition) is 1. The van der Waals surface area contributed by atoms with Crippen LogP contribution in [0.4, 0.5) is 22.7 Å². The molecule has 0 spiro atoms. The van der Waals surface area contributed by atoms with Crippen LogP contribution >= 0.6 is 11.6 Å². The molecule has 2 aliphatic heterocycles. The van der Waals surface area contributed by atoms with Gasteiger partial charge in [-0.2, -0.15) is 0 Å². The highest BCUT2D eigenvalue weighted by Crippen LogP contribution is 2.32. The number of nitrogens with one attached hydrogen (secondary N) is 1. The summed E-state index contributed by atoms with van der Waals surface area (Å²) in [6.45, 7) is 6.18. The third-order valence-corrected chi connectivity index (χ3v) is 8.22. The summed E-state index contributed by atoms with van der Waals surface area (Å²) < 4.78 is 0. The van der Waals surface area contributed by atoms with E-state index in [1.165, 1.54) is 12.1 Å². The van der Waals surface area contributed by atoms with E-state index in [4.69, 9.17) is 11.6 Å². The van der Waals surface area contributed by atoms with Gasteiger partial charge >= 0.3 is 0 Å². The van der Waals surface area contributed by atoms with E-state index in [0.717, 1.165) is 37.2 Å². The largest absolute Gasteiger partial charge is 0.371 e. The first-order valence-electron chi connectivity index (χ1n) is 14.2. The molecule has 3 aromatic rings. The highest BCUT2D eigenvalue weighted by atomic mass is 35.5. The Bertz CT molecular complexity index is 1480. The van der Waals surface area contributed by atoms with Gasteiger partial charge in [-0.3, -0.25) is 19.7 Å². The second-order valence-electron chi connectivity index (χ2n) is 10.8. The Hall–Kier alpha value is -4.37. The minimum atomic E-state index is -0.489. The Morgan fingerprint density at radius 3 is 2.24 bits per heavy atom. The molecule has 5 rings (SSSR count). The molecule has 9 nitrogen and oxygen atoms in total. The highest BCUT2D eigenvalue weighted by Gasteiger charge is 2.25. The summed E-state index contributed by atoms with van der Waals surface area (Å²) in [6.07, 6.45) is 5.43. The number of anilines is 3. The van der Waals surface area contributed by atoms with Crippen molar-refractivity contribution >= 4 is 52.2 Å². The van der Waals surface area contributed by atoms with Crippen LogP contribution in [0.25, 0.3) is 6.08 Å². The number of rotatable bonds is 7. The Labute approximate surface area is 250 Å². The smallest absolute Gasteiger partial charge is 0.270 e. The SMILES string of the molecule is CC1CCN(c2ccc([N+](=O)[O-])cc2C(=O)Nc2ccc(N3CCN(C(=O)/C=C/c4ccccc4)CC3)c(Cl)c2)CC1. The van der Waals surface area contributed by atoms with Gasteiger partial charge in [0.1, 0.15) is 0 Å². The number of hydrogen-bond acceptors (Lipinski definition) is 6. The molecule has 0 unspecified atom stereocenters. The molecule has 2 heterocycles. The predicted octanol–water partition coefficient (Wildman–Crippen LogP) is 6.10. The lowest BCUT2D eigenvalue weighted by Crippen LogP contribution is -2.48. The van der Waals surface area contributed by atoms with Crippen LogP contribution in [0.5, 0.6) is 0 Å². The molecule has 0 aromatic heterocycles. The van der Waals surface area contributed by atoms with E-state index in [-0.39, 0.29) is 17.2 Å². The van der Waals surface area contributed by atoms with Gasteiger partial charge in [0.05, 0.1) is 26.9 Å². The molecule has 0 saturated carbocycles. The first kappa shape index (κ1) is 29.1. The van der Waals surface area contributed by atoms with Crippen molar-refractivity contribution in [2.24, 2.45) is 5.92 Å². The van der Waals surface area contributed by atoms with Crippen LogP contribution in [0, 0.1) is 16.0 Å². The molecular formula is C32H34ClN5O4. The number of carbonyl (C=O) groups excluding carboxylic acids is 2. The van der Waals surface area contributed by atoms with Crippen molar-refractivity contribution in [3.8, 4) is 0 Å². The van der Waals surface area contributed by atoms with Gasteiger partial charge in [0.25, 0.3) is 11.6 Å². The summed E-state index contributed by atoms with van der Waals surface area (Å²) in [5.74, 6) is 0.159. The third-order valence-electron chi connectivity index (χ3n) is 7.92. The number of amides is 2. The van der Waals surface area contributed by atoms with Crippen LogP contribution in [0.3, 0.4) is 0 Å². The number of halogens is 1. The molecule has 10 heteroatoms. The maximum Gasteiger partial charge on any atom is 0.270 e. The summed E-state index contributed by atoms with van der Waals surface area (Å²) in [5, 5.41) is 14.8. The van der Waals surface area contributed by atoms with Crippen molar-refractivity contribution in [2.75, 3.05) is 54.4 Å². The van der Waals surface area contributed by atoms with Crippen LogP contribution in [0.1, 0.15) is 35.7 Å². The molecule has 2 fully saturated rings. The topological polar surface area (TPSA) is 99.0 Å². The third kappa shape index (κ3) is 6.91. The Morgan fingerprint density at radius 2 is 1.57 bits per heavy atom. The standard InChI is InChI=1S/C32H34ClN5O4/c1-23-13-15-35(16-14-23)29-11-9-26(38(41)42)22-27(29)32(40)34-25-8-10-30(28(33)21-25)36-17-19-37(20-18-36)31(39)12-7-24-5-3-2-4-6-24/h2-12,21-23H,13-20H2,1H3,(H,34,40)/b12-7+. The van der Waals surface area contributed by atoms with Gasteiger partial charge in [0.2, 0.25) is 5.91 Å². The lowest BCUT2D eigenvalue weighted by Gasteiger charge is -2.36. The maximum atomic E-state index is 13.4. The van der Waals surface area contributed by atoms with Crippen LogP contribution in [0.2, 0.25) is 5.02 Å². The van der Waals surface area contributed by atoms with E-state index in [9.17, 15) is 19.7 Å². The average molecular weight is 588 g/mol. The molecule has 0 aliphatic carbocycles. The van der Waals surface area contributed by atoms with Crippen molar-refractivity contribution in [1.82, 2.24) is 4.90 Å². The number of benzene rings is 3. The van der Waals surface area contributed by atoms with Gasteiger partial charge in [0.15, 0.2) is 0 Å². The Kier molecular flexibility index (Phi) is 9.07. The molecule has 2 amide bonds. The van der Waals surface area contributed by atoms with E-state index in [0.29, 0.717) is 48.5 Å². The fourth-order valence-electron chi connectivity index (χ4n) is 5.39. The number of nitro benzene ring substituents is 1. The summed E-state index contributed by atoms with van der Waals surface area (Å²) in [6, 6.07) is 19.5. The van der Waals surface area contributed by atoms with Crippen LogP contribution < -0.4 is 15.1 Å². The van der Waals surface area contributed by atoms with E-state index in [1.807, 2.05) is 47.4 Å². The number of nitro groups is 1. The Balaban J connectivity index is 1.24. The molecule has 0 bridgehead atoms. The summed E-state index contributed by atoms with van der Waals surface area (Å²) in [4.78, 5) is 43.1. The number of carbonyl (C=O) groups is 2. The second-order valence-corrected chi connectivity index (χ2v) is 11.2. The molecule has 3 aromatic carbocycles. The summed E-state index contributed by atoms with van der Waals surface area (Å²) >= 11 is 6.66. The molecule has 1 N–H and O–H groups in total. The number of piperidine rings is 1. The maximum absolute atomic E-state index is 13.4. The van der Waals surface area contributed by atoms with Gasteiger partial charge in [0, 0.05) is 63.2 Å². The minimum absolute atomic E-state index is 0.0257. The summed E-state index contributed by atoms with van der Waals surface area (Å²) in [5.41, 5.74) is 3.13. The molecule has 0 radical (unpaired) electrons. The van der Waals surface area contributed by atoms with Crippen molar-refractivity contribution < 1.29 is 14.5 Å². The molecule has 42 heavy (non-hydrogen) atoms. The van der Waals surface area contributed by atoms with Gasteiger partial charge in [-0.1, -0.05) is 48.9 Å². The van der Waals surface area contributed by atoms with E-state index in [2.05, 4.69) is 22.0 Å². The van der Waals surface area contributed by atoms with Crippen molar-refractivity contribution in [1.29, 1.82) is 0 Å². The van der Waals surface area contributed by atoms with Gasteiger partial charge in [-0.25, -0.2) is 0 Å². The molecule has 2 aliphatic rings. The lowest BCUT2D eigenvalue weighted by molar-refractivity contribution is -0.384. The van der Waals surface area contributed by atoms with E-state index < -0.39 is 10.8 Å². The Morgan fingerprint density at radius 1 is 0.905 bits per heavy atom. The van der Waals surface area contributed by atoms with Crippen molar-refractivity contribution in [3.63, 3.8) is 0 Å². The normalized spacial score (nSPS) is 16.1. The molecular weight excluding hydrogens is 554 g/mol. The molecule has 0 atom stereocenters. The van der Waals surface area contributed by atoms with Crippen molar-refractivity contribution in [3.05, 3.63) is 99.1 Å². The van der Waals surface area contributed by atoms with Gasteiger partial charge in [-0.15, -0.1) is 0 Å².